The van der Waals surface area contributed by atoms with Gasteiger partial charge >= 0.3 is 0 Å². The number of pyridine rings is 1. The predicted molar refractivity (Wildman–Crippen MR) is 104 cm³/mol. The van der Waals surface area contributed by atoms with E-state index < -0.39 is 5.91 Å². The number of carbonyl (C=O) groups is 1. The molecule has 0 unspecified atom stereocenters. The van der Waals surface area contributed by atoms with Crippen molar-refractivity contribution in [2.45, 2.75) is 0 Å². The van der Waals surface area contributed by atoms with Gasteiger partial charge in [0.05, 0.1) is 11.3 Å². The summed E-state index contributed by atoms with van der Waals surface area (Å²) in [5, 5.41) is 15.1. The molecule has 138 valence electrons. The molecule has 1 amide bonds. The maximum Gasteiger partial charge on any atom is 0.274 e. The summed E-state index contributed by atoms with van der Waals surface area (Å²) in [7, 11) is 0. The number of hydrogen-bond donors (Lipinski definition) is 2. The summed E-state index contributed by atoms with van der Waals surface area (Å²) in [6.45, 7) is 1.05. The fraction of sp³-hybridized carbons (Fsp3) is 0.0952. The number of para-hydroxylation sites is 1. The summed E-state index contributed by atoms with van der Waals surface area (Å²) in [6.07, 6.45) is 1.55. The van der Waals surface area contributed by atoms with Gasteiger partial charge in [0.1, 0.15) is 25.0 Å². The second kappa shape index (κ2) is 7.68. The highest BCUT2D eigenvalue weighted by molar-refractivity contribution is 6.04. The zero-order chi connectivity index (χ0) is 19.3. The van der Waals surface area contributed by atoms with E-state index in [0.717, 1.165) is 5.69 Å². The quantitative estimate of drug-likeness (QED) is 0.725. The van der Waals surface area contributed by atoms with Crippen LogP contribution < -0.4 is 20.1 Å². The Kier molecular flexibility index (Phi) is 4.76. The van der Waals surface area contributed by atoms with Crippen molar-refractivity contribution >= 4 is 23.0 Å². The number of anilines is 3. The lowest BCUT2D eigenvalue weighted by atomic mass is 10.2. The highest BCUT2D eigenvalue weighted by Gasteiger charge is 2.13. The first-order valence-electron chi connectivity index (χ1n) is 8.66. The van der Waals surface area contributed by atoms with E-state index in [0.29, 0.717) is 41.7 Å². The number of nitrogens with zero attached hydrogens (tertiary/aromatic N) is 2. The summed E-state index contributed by atoms with van der Waals surface area (Å²) in [6, 6.07) is 17.8. The first kappa shape index (κ1) is 17.4. The van der Waals surface area contributed by atoms with Crippen molar-refractivity contribution in [3.05, 3.63) is 72.1 Å². The molecular weight excluding hydrogens is 356 g/mol. The zero-order valence-corrected chi connectivity index (χ0v) is 14.8. The van der Waals surface area contributed by atoms with Gasteiger partial charge in [0.15, 0.2) is 11.5 Å². The van der Waals surface area contributed by atoms with Crippen LogP contribution in [0.3, 0.4) is 0 Å². The molecule has 0 fully saturated rings. The molecule has 2 heterocycles. The molecule has 0 radical (unpaired) electrons. The number of nitrogens with one attached hydrogen (secondary N) is 2. The topological polar surface area (TPSA) is 96.3 Å². The Labute approximate surface area is 161 Å². The first-order chi connectivity index (χ1) is 13.7. The van der Waals surface area contributed by atoms with Gasteiger partial charge in [-0.3, -0.25) is 9.78 Å². The van der Waals surface area contributed by atoms with Crippen LogP contribution in [0.5, 0.6) is 11.5 Å². The Hall–Kier alpha value is -4.05. The SMILES string of the molecule is N#Cc1ccccc1NC(=O)c1cc(Nc2ccc3c(c2)OCCO3)ccn1. The average Bonchev–Trinajstić information content (AvgIpc) is 2.74. The van der Waals surface area contributed by atoms with E-state index in [1.807, 2.05) is 18.2 Å². The largest absolute Gasteiger partial charge is 0.486 e. The average molecular weight is 372 g/mol. The molecule has 1 aliphatic heterocycles. The molecule has 3 aromatic rings. The number of amides is 1. The van der Waals surface area contributed by atoms with Crippen molar-refractivity contribution < 1.29 is 14.3 Å². The van der Waals surface area contributed by atoms with Crippen LogP contribution in [0.25, 0.3) is 0 Å². The molecule has 0 atom stereocenters. The fourth-order valence-corrected chi connectivity index (χ4v) is 2.80. The lowest BCUT2D eigenvalue weighted by molar-refractivity contribution is 0.102. The number of carbonyl (C=O) groups excluding carboxylic acids is 1. The van der Waals surface area contributed by atoms with Crippen LogP contribution in [-0.4, -0.2) is 24.1 Å². The number of aromatic nitrogens is 1. The van der Waals surface area contributed by atoms with E-state index in [1.54, 1.807) is 42.6 Å². The van der Waals surface area contributed by atoms with Gasteiger partial charge in [0.2, 0.25) is 0 Å². The molecular formula is C21H16N4O3. The van der Waals surface area contributed by atoms with Gasteiger partial charge in [-0.05, 0) is 36.4 Å². The van der Waals surface area contributed by atoms with E-state index in [4.69, 9.17) is 14.7 Å². The first-order valence-corrected chi connectivity index (χ1v) is 8.66. The monoisotopic (exact) mass is 372 g/mol. The molecule has 0 spiro atoms. The van der Waals surface area contributed by atoms with Crippen molar-refractivity contribution in [3.63, 3.8) is 0 Å². The fourth-order valence-electron chi connectivity index (χ4n) is 2.80. The summed E-state index contributed by atoms with van der Waals surface area (Å²) in [4.78, 5) is 16.7. The van der Waals surface area contributed by atoms with Crippen LogP contribution in [0.1, 0.15) is 16.1 Å². The summed E-state index contributed by atoms with van der Waals surface area (Å²) in [5.74, 6) is 0.993. The van der Waals surface area contributed by atoms with E-state index in [2.05, 4.69) is 21.7 Å². The molecule has 0 saturated carbocycles. The van der Waals surface area contributed by atoms with Crippen LogP contribution >= 0.6 is 0 Å². The predicted octanol–water partition coefficient (Wildman–Crippen LogP) is 3.72. The second-order valence-corrected chi connectivity index (χ2v) is 6.02. The molecule has 7 nitrogen and oxygen atoms in total. The van der Waals surface area contributed by atoms with E-state index in [9.17, 15) is 4.79 Å². The number of nitriles is 1. The van der Waals surface area contributed by atoms with Crippen molar-refractivity contribution in [2.75, 3.05) is 23.8 Å². The molecule has 7 heteroatoms. The second-order valence-electron chi connectivity index (χ2n) is 6.02. The number of ether oxygens (including phenoxy) is 2. The molecule has 1 aliphatic rings. The summed E-state index contributed by atoms with van der Waals surface area (Å²) in [5.41, 5.74) is 2.57. The maximum atomic E-state index is 12.5. The van der Waals surface area contributed by atoms with Gasteiger partial charge in [-0.1, -0.05) is 12.1 Å². The minimum Gasteiger partial charge on any atom is -0.486 e. The number of fused-ring (bicyclic) bond motifs is 1. The molecule has 0 bridgehead atoms. The molecule has 2 aromatic carbocycles. The smallest absolute Gasteiger partial charge is 0.274 e. The van der Waals surface area contributed by atoms with Crippen molar-refractivity contribution in [1.82, 2.24) is 4.98 Å². The van der Waals surface area contributed by atoms with Crippen LogP contribution in [-0.2, 0) is 0 Å². The van der Waals surface area contributed by atoms with Gasteiger partial charge in [-0.2, -0.15) is 5.26 Å². The van der Waals surface area contributed by atoms with Crippen LogP contribution in [0.15, 0.2) is 60.8 Å². The lowest BCUT2D eigenvalue weighted by Gasteiger charge is -2.19. The van der Waals surface area contributed by atoms with Gasteiger partial charge in [0.25, 0.3) is 5.91 Å². The molecule has 1 aromatic heterocycles. The lowest BCUT2D eigenvalue weighted by Crippen LogP contribution is -2.15. The van der Waals surface area contributed by atoms with E-state index in [-0.39, 0.29) is 5.69 Å². The molecule has 0 saturated heterocycles. The van der Waals surface area contributed by atoms with Gasteiger partial charge in [0, 0.05) is 23.6 Å². The number of benzene rings is 2. The minimum absolute atomic E-state index is 0.232. The van der Waals surface area contributed by atoms with Crippen LogP contribution in [0.4, 0.5) is 17.1 Å². The van der Waals surface area contributed by atoms with Gasteiger partial charge < -0.3 is 20.1 Å². The van der Waals surface area contributed by atoms with Crippen LogP contribution in [0, 0.1) is 11.3 Å². The van der Waals surface area contributed by atoms with Crippen molar-refractivity contribution in [1.29, 1.82) is 5.26 Å². The van der Waals surface area contributed by atoms with Gasteiger partial charge in [-0.15, -0.1) is 0 Å². The van der Waals surface area contributed by atoms with Crippen molar-refractivity contribution in [3.8, 4) is 17.6 Å². The highest BCUT2D eigenvalue weighted by Crippen LogP contribution is 2.33. The number of hydrogen-bond acceptors (Lipinski definition) is 6. The standard InChI is InChI=1S/C21H16N4O3/c22-13-14-3-1-2-4-17(14)25-21(26)18-11-16(7-8-23-18)24-15-5-6-19-20(12-15)28-10-9-27-19/h1-8,11-12H,9-10H2,(H,23,24)(H,25,26). The summed E-state index contributed by atoms with van der Waals surface area (Å²) < 4.78 is 11.1. The summed E-state index contributed by atoms with van der Waals surface area (Å²) >= 11 is 0. The van der Waals surface area contributed by atoms with Gasteiger partial charge in [-0.25, -0.2) is 0 Å². The highest BCUT2D eigenvalue weighted by atomic mass is 16.6. The Balaban J connectivity index is 1.51. The molecule has 2 N–H and O–H groups in total. The Morgan fingerprint density at radius 1 is 1.00 bits per heavy atom. The minimum atomic E-state index is -0.395. The Morgan fingerprint density at radius 3 is 2.64 bits per heavy atom. The Morgan fingerprint density at radius 2 is 1.79 bits per heavy atom. The third kappa shape index (κ3) is 3.71. The van der Waals surface area contributed by atoms with Crippen LogP contribution in [0.2, 0.25) is 0 Å². The number of rotatable bonds is 4. The third-order valence-corrected chi connectivity index (χ3v) is 4.12. The van der Waals surface area contributed by atoms with E-state index in [1.165, 1.54) is 0 Å². The zero-order valence-electron chi connectivity index (χ0n) is 14.8. The Bertz CT molecular complexity index is 1080. The third-order valence-electron chi connectivity index (χ3n) is 4.12. The maximum absolute atomic E-state index is 12.5. The van der Waals surface area contributed by atoms with E-state index >= 15 is 0 Å². The van der Waals surface area contributed by atoms with Crippen molar-refractivity contribution in [2.24, 2.45) is 0 Å². The molecule has 28 heavy (non-hydrogen) atoms. The normalized spacial score (nSPS) is 12.0. The molecule has 4 rings (SSSR count). The molecule has 0 aliphatic carbocycles.